The molecule has 3 aromatic rings. The first-order valence-corrected chi connectivity index (χ1v) is 10.7. The van der Waals surface area contributed by atoms with Gasteiger partial charge in [-0.25, -0.2) is 4.79 Å². The number of benzene rings is 2. The Morgan fingerprint density at radius 2 is 1.82 bits per heavy atom. The molecule has 0 fully saturated rings. The van der Waals surface area contributed by atoms with Gasteiger partial charge in [0.25, 0.3) is 5.91 Å². The highest BCUT2D eigenvalue weighted by Crippen LogP contribution is 2.24. The van der Waals surface area contributed by atoms with Gasteiger partial charge in [0.05, 0.1) is 12.2 Å². The summed E-state index contributed by atoms with van der Waals surface area (Å²) in [6.07, 6.45) is 1.59. The Labute approximate surface area is 194 Å². The Kier molecular flexibility index (Phi) is 7.14. The quantitative estimate of drug-likeness (QED) is 0.314. The molecule has 3 rings (SSSR count). The number of aromatic nitrogens is 1. The fraction of sp³-hybridized carbons (Fsp3) is 0.222. The van der Waals surface area contributed by atoms with E-state index in [-0.39, 0.29) is 11.5 Å². The van der Waals surface area contributed by atoms with Crippen molar-refractivity contribution in [3.63, 3.8) is 0 Å². The van der Waals surface area contributed by atoms with Crippen LogP contribution in [0.4, 0.5) is 5.69 Å². The predicted octanol–water partition coefficient (Wildman–Crippen LogP) is 5.43. The molecule has 0 aliphatic rings. The third kappa shape index (κ3) is 5.04. The summed E-state index contributed by atoms with van der Waals surface area (Å²) in [4.78, 5) is 24.9. The summed E-state index contributed by atoms with van der Waals surface area (Å²) in [5.41, 5.74) is 6.48. The van der Waals surface area contributed by atoms with Crippen LogP contribution in [0.25, 0.3) is 11.8 Å². The van der Waals surface area contributed by atoms with Crippen molar-refractivity contribution in [2.24, 2.45) is 0 Å². The van der Waals surface area contributed by atoms with Gasteiger partial charge < -0.3 is 14.6 Å². The number of ether oxygens (including phenoxy) is 1. The number of hydrogen-bond acceptors (Lipinski definition) is 4. The van der Waals surface area contributed by atoms with E-state index in [0.717, 1.165) is 33.8 Å². The first kappa shape index (κ1) is 23.6. The second-order valence-electron chi connectivity index (χ2n) is 7.80. The smallest absolute Gasteiger partial charge is 0.338 e. The molecule has 1 aromatic heterocycles. The highest BCUT2D eigenvalue weighted by atomic mass is 16.5. The van der Waals surface area contributed by atoms with Gasteiger partial charge in [-0.1, -0.05) is 18.2 Å². The molecule has 0 aliphatic carbocycles. The fourth-order valence-corrected chi connectivity index (χ4v) is 3.70. The van der Waals surface area contributed by atoms with Crippen LogP contribution in [-0.4, -0.2) is 23.1 Å². The summed E-state index contributed by atoms with van der Waals surface area (Å²) in [6.45, 7) is 9.82. The van der Waals surface area contributed by atoms with E-state index >= 15 is 0 Å². The number of aryl methyl sites for hydroxylation is 2. The van der Waals surface area contributed by atoms with E-state index in [4.69, 9.17) is 4.74 Å². The molecule has 168 valence electrons. The van der Waals surface area contributed by atoms with Crippen LogP contribution in [0.2, 0.25) is 0 Å². The molecule has 0 bridgehead atoms. The first-order valence-electron chi connectivity index (χ1n) is 10.7. The number of esters is 1. The van der Waals surface area contributed by atoms with Crippen LogP contribution in [-0.2, 0) is 9.53 Å². The van der Waals surface area contributed by atoms with Crippen molar-refractivity contribution in [2.75, 3.05) is 11.9 Å². The van der Waals surface area contributed by atoms with Gasteiger partial charge in [-0.3, -0.25) is 4.79 Å². The minimum Gasteiger partial charge on any atom is -0.462 e. The second kappa shape index (κ2) is 10.0. The van der Waals surface area contributed by atoms with Gasteiger partial charge in [0.2, 0.25) is 0 Å². The summed E-state index contributed by atoms with van der Waals surface area (Å²) in [5.74, 6) is -0.836. The standard InChI is InChI=1S/C27H27N3O3/c1-6-33-27(32)21-10-8-11-24(15-21)30-18(3)13-22(20(30)5)14-23(16-28)26(31)29-25-12-7-9-17(2)19(25)4/h7-15H,6H2,1-5H3,(H,29,31)/b23-14-. The minimum atomic E-state index is -0.458. The molecule has 0 unspecified atom stereocenters. The Hall–Kier alpha value is -4.11. The minimum absolute atomic E-state index is 0.0106. The number of carbonyl (C=O) groups excluding carboxylic acids is 2. The fourth-order valence-electron chi connectivity index (χ4n) is 3.70. The van der Waals surface area contributed by atoms with Crippen LogP contribution >= 0.6 is 0 Å². The topological polar surface area (TPSA) is 84.1 Å². The van der Waals surface area contributed by atoms with Crippen molar-refractivity contribution in [2.45, 2.75) is 34.6 Å². The lowest BCUT2D eigenvalue weighted by Gasteiger charge is -2.11. The molecule has 0 spiro atoms. The molecule has 2 aromatic carbocycles. The van der Waals surface area contributed by atoms with E-state index in [1.807, 2.05) is 68.7 Å². The number of nitrogens with one attached hydrogen (secondary N) is 1. The van der Waals surface area contributed by atoms with E-state index < -0.39 is 5.91 Å². The van der Waals surface area contributed by atoms with Crippen molar-refractivity contribution in [3.05, 3.63) is 87.7 Å². The predicted molar refractivity (Wildman–Crippen MR) is 129 cm³/mol. The Bertz CT molecular complexity index is 1290. The van der Waals surface area contributed by atoms with Gasteiger partial charge in [0.15, 0.2) is 0 Å². The van der Waals surface area contributed by atoms with Gasteiger partial charge in [-0.2, -0.15) is 5.26 Å². The monoisotopic (exact) mass is 441 g/mol. The lowest BCUT2D eigenvalue weighted by molar-refractivity contribution is -0.112. The number of carbonyl (C=O) groups is 2. The number of nitriles is 1. The van der Waals surface area contributed by atoms with Crippen LogP contribution in [0, 0.1) is 39.0 Å². The van der Waals surface area contributed by atoms with E-state index in [0.29, 0.717) is 17.9 Å². The highest BCUT2D eigenvalue weighted by Gasteiger charge is 2.16. The lowest BCUT2D eigenvalue weighted by Crippen LogP contribution is -2.14. The molecule has 1 amide bonds. The largest absolute Gasteiger partial charge is 0.462 e. The number of nitrogens with zero attached hydrogens (tertiary/aromatic N) is 2. The van der Waals surface area contributed by atoms with E-state index in [1.165, 1.54) is 0 Å². The van der Waals surface area contributed by atoms with Gasteiger partial charge in [-0.05, 0) is 87.7 Å². The van der Waals surface area contributed by atoms with Crippen molar-refractivity contribution >= 4 is 23.6 Å². The molecular weight excluding hydrogens is 414 g/mol. The normalized spacial score (nSPS) is 11.1. The van der Waals surface area contributed by atoms with Crippen LogP contribution in [0.1, 0.15) is 45.4 Å². The summed E-state index contributed by atoms with van der Waals surface area (Å²) < 4.78 is 7.08. The van der Waals surface area contributed by atoms with E-state index in [1.54, 1.807) is 31.2 Å². The number of hydrogen-bond donors (Lipinski definition) is 1. The molecule has 33 heavy (non-hydrogen) atoms. The van der Waals surface area contributed by atoms with Gasteiger partial charge in [0, 0.05) is 22.8 Å². The van der Waals surface area contributed by atoms with Crippen molar-refractivity contribution in [1.29, 1.82) is 5.26 Å². The number of anilines is 1. The maximum Gasteiger partial charge on any atom is 0.338 e. The van der Waals surface area contributed by atoms with Crippen molar-refractivity contribution in [1.82, 2.24) is 4.57 Å². The second-order valence-corrected chi connectivity index (χ2v) is 7.80. The van der Waals surface area contributed by atoms with Gasteiger partial charge in [-0.15, -0.1) is 0 Å². The molecule has 0 saturated carbocycles. The van der Waals surface area contributed by atoms with Crippen LogP contribution in [0.3, 0.4) is 0 Å². The summed E-state index contributed by atoms with van der Waals surface area (Å²) in [6, 6.07) is 16.8. The number of rotatable bonds is 6. The molecule has 6 nitrogen and oxygen atoms in total. The molecule has 1 heterocycles. The third-order valence-corrected chi connectivity index (χ3v) is 5.60. The van der Waals surface area contributed by atoms with Gasteiger partial charge in [0.1, 0.15) is 11.6 Å². The van der Waals surface area contributed by atoms with E-state index in [2.05, 4.69) is 5.32 Å². The average molecular weight is 442 g/mol. The van der Waals surface area contributed by atoms with E-state index in [9.17, 15) is 14.9 Å². The maximum absolute atomic E-state index is 12.8. The van der Waals surface area contributed by atoms with Crippen molar-refractivity contribution in [3.8, 4) is 11.8 Å². The first-order chi connectivity index (χ1) is 15.8. The summed E-state index contributed by atoms with van der Waals surface area (Å²) >= 11 is 0. The average Bonchev–Trinajstić information content (AvgIpc) is 3.08. The number of amides is 1. The molecule has 0 saturated heterocycles. The molecule has 6 heteroatoms. The third-order valence-electron chi connectivity index (χ3n) is 5.60. The maximum atomic E-state index is 12.8. The zero-order valence-corrected chi connectivity index (χ0v) is 19.5. The zero-order chi connectivity index (χ0) is 24.1. The molecular formula is C27H27N3O3. The Balaban J connectivity index is 1.95. The van der Waals surface area contributed by atoms with Gasteiger partial charge >= 0.3 is 5.97 Å². The SMILES string of the molecule is CCOC(=O)c1cccc(-n2c(C)cc(/C=C(/C#N)C(=O)Nc3cccc(C)c3C)c2C)c1. The lowest BCUT2D eigenvalue weighted by atomic mass is 10.1. The molecule has 0 atom stereocenters. The van der Waals surface area contributed by atoms with Crippen LogP contribution < -0.4 is 5.32 Å². The highest BCUT2D eigenvalue weighted by molar-refractivity contribution is 6.10. The van der Waals surface area contributed by atoms with Crippen LogP contribution in [0.5, 0.6) is 0 Å². The zero-order valence-electron chi connectivity index (χ0n) is 19.5. The molecule has 1 N–H and O–H groups in total. The Morgan fingerprint density at radius 3 is 2.52 bits per heavy atom. The Morgan fingerprint density at radius 1 is 1.09 bits per heavy atom. The summed E-state index contributed by atoms with van der Waals surface area (Å²) in [7, 11) is 0. The summed E-state index contributed by atoms with van der Waals surface area (Å²) in [5, 5.41) is 12.5. The molecule has 0 radical (unpaired) electrons. The van der Waals surface area contributed by atoms with Crippen molar-refractivity contribution < 1.29 is 14.3 Å². The molecule has 0 aliphatic heterocycles. The van der Waals surface area contributed by atoms with Crippen LogP contribution in [0.15, 0.2) is 54.1 Å².